The summed E-state index contributed by atoms with van der Waals surface area (Å²) >= 11 is 3.33. The van der Waals surface area contributed by atoms with Crippen molar-refractivity contribution < 1.29 is 4.79 Å². The van der Waals surface area contributed by atoms with Crippen LogP contribution in [0, 0.1) is 0 Å². The lowest BCUT2D eigenvalue weighted by Gasteiger charge is -2.38. The summed E-state index contributed by atoms with van der Waals surface area (Å²) in [6.45, 7) is 0.759. The molecule has 0 atom stereocenters. The second kappa shape index (κ2) is 4.66. The van der Waals surface area contributed by atoms with E-state index in [-0.39, 0.29) is 5.54 Å². The summed E-state index contributed by atoms with van der Waals surface area (Å²) in [4.78, 5) is 11.1. The van der Waals surface area contributed by atoms with Crippen LogP contribution < -0.4 is 16.8 Å². The Hall–Kier alpha value is -1.07. The summed E-state index contributed by atoms with van der Waals surface area (Å²) in [5.74, 6) is -0.433. The zero-order valence-electron chi connectivity index (χ0n) is 9.50. The molecule has 17 heavy (non-hydrogen) atoms. The van der Waals surface area contributed by atoms with Gasteiger partial charge >= 0.3 is 0 Å². The van der Waals surface area contributed by atoms with E-state index >= 15 is 0 Å². The van der Waals surface area contributed by atoms with Crippen molar-refractivity contribution in [3.8, 4) is 0 Å². The highest BCUT2D eigenvalue weighted by molar-refractivity contribution is 9.10. The number of halogens is 1. The lowest BCUT2D eigenvalue weighted by atomic mass is 9.78. The molecule has 5 heteroatoms. The van der Waals surface area contributed by atoms with Crippen molar-refractivity contribution in [3.05, 3.63) is 28.2 Å². The number of primary amides is 1. The van der Waals surface area contributed by atoms with Gasteiger partial charge in [0.25, 0.3) is 0 Å². The first-order valence-corrected chi connectivity index (χ1v) is 6.42. The fourth-order valence-electron chi connectivity index (χ4n) is 1.91. The summed E-state index contributed by atoms with van der Waals surface area (Å²) in [6.07, 6.45) is 3.35. The number of carbonyl (C=O) groups excluding carboxylic acids is 1. The maximum Gasteiger partial charge on any atom is 0.249 e. The summed E-state index contributed by atoms with van der Waals surface area (Å²) in [5.41, 5.74) is 12.7. The Labute approximate surface area is 109 Å². The van der Waals surface area contributed by atoms with Gasteiger partial charge in [0.1, 0.15) is 0 Å². The Morgan fingerprint density at radius 2 is 2.18 bits per heavy atom. The van der Waals surface area contributed by atoms with Gasteiger partial charge in [-0.2, -0.15) is 0 Å². The van der Waals surface area contributed by atoms with E-state index in [0.717, 1.165) is 25.1 Å². The average Bonchev–Trinajstić information content (AvgIpc) is 2.23. The molecule has 4 nitrogen and oxygen atoms in total. The topological polar surface area (TPSA) is 81.1 Å². The molecule has 0 unspecified atom stereocenters. The lowest BCUT2D eigenvalue weighted by Crippen LogP contribution is -2.51. The van der Waals surface area contributed by atoms with Crippen molar-refractivity contribution in [3.63, 3.8) is 0 Å². The van der Waals surface area contributed by atoms with Gasteiger partial charge in [-0.25, -0.2) is 0 Å². The van der Waals surface area contributed by atoms with Gasteiger partial charge in [-0.15, -0.1) is 0 Å². The molecule has 0 aromatic heterocycles. The molecule has 1 fully saturated rings. The van der Waals surface area contributed by atoms with Gasteiger partial charge in [0.2, 0.25) is 5.91 Å². The molecule has 0 saturated heterocycles. The van der Waals surface area contributed by atoms with Crippen LogP contribution in [0.5, 0.6) is 0 Å². The van der Waals surface area contributed by atoms with Gasteiger partial charge in [-0.3, -0.25) is 4.79 Å². The second-order valence-electron chi connectivity index (χ2n) is 4.63. The van der Waals surface area contributed by atoms with Crippen molar-refractivity contribution in [2.45, 2.75) is 24.8 Å². The molecule has 1 saturated carbocycles. The van der Waals surface area contributed by atoms with Gasteiger partial charge < -0.3 is 16.8 Å². The third-order valence-electron chi connectivity index (χ3n) is 3.23. The number of carbonyl (C=O) groups is 1. The zero-order chi connectivity index (χ0) is 12.5. The van der Waals surface area contributed by atoms with E-state index in [2.05, 4.69) is 21.2 Å². The summed E-state index contributed by atoms with van der Waals surface area (Å²) in [7, 11) is 0. The van der Waals surface area contributed by atoms with Crippen molar-refractivity contribution in [1.29, 1.82) is 0 Å². The van der Waals surface area contributed by atoms with E-state index in [1.54, 1.807) is 6.07 Å². The molecule has 0 bridgehead atoms. The van der Waals surface area contributed by atoms with Crippen LogP contribution in [0.4, 0.5) is 5.69 Å². The number of rotatable bonds is 4. The molecule has 2 rings (SSSR count). The molecular formula is C12H16BrN3O. The minimum absolute atomic E-state index is 0.0607. The first-order chi connectivity index (χ1) is 8.00. The lowest BCUT2D eigenvalue weighted by molar-refractivity contribution is 0.0999. The molecule has 1 aromatic carbocycles. The zero-order valence-corrected chi connectivity index (χ0v) is 11.1. The number of benzene rings is 1. The highest BCUT2D eigenvalue weighted by Crippen LogP contribution is 2.29. The number of nitrogens with two attached hydrogens (primary N) is 2. The molecule has 0 aliphatic heterocycles. The average molecular weight is 298 g/mol. The van der Waals surface area contributed by atoms with E-state index < -0.39 is 5.91 Å². The number of hydrogen-bond acceptors (Lipinski definition) is 3. The molecule has 1 aliphatic carbocycles. The van der Waals surface area contributed by atoms with Crippen LogP contribution in [0.3, 0.4) is 0 Å². The fourth-order valence-corrected chi connectivity index (χ4v) is 2.48. The quantitative estimate of drug-likeness (QED) is 0.793. The van der Waals surface area contributed by atoms with Crippen LogP contribution in [0.2, 0.25) is 0 Å². The van der Waals surface area contributed by atoms with Crippen LogP contribution in [-0.4, -0.2) is 18.0 Å². The Kier molecular flexibility index (Phi) is 3.40. The minimum Gasteiger partial charge on any atom is -0.383 e. The van der Waals surface area contributed by atoms with Crippen molar-refractivity contribution >= 4 is 27.5 Å². The third-order valence-corrected chi connectivity index (χ3v) is 3.88. The van der Waals surface area contributed by atoms with E-state index in [4.69, 9.17) is 11.5 Å². The Bertz CT molecular complexity index is 443. The SMILES string of the molecule is NC(=O)c1ccc(NCC2(N)CCC2)cc1Br. The highest BCUT2D eigenvalue weighted by Gasteiger charge is 2.31. The number of amides is 1. The van der Waals surface area contributed by atoms with Crippen LogP contribution in [-0.2, 0) is 0 Å². The smallest absolute Gasteiger partial charge is 0.249 e. The molecule has 1 aliphatic rings. The van der Waals surface area contributed by atoms with Crippen molar-refractivity contribution in [1.82, 2.24) is 0 Å². The van der Waals surface area contributed by atoms with Crippen LogP contribution in [0.1, 0.15) is 29.6 Å². The predicted molar refractivity (Wildman–Crippen MR) is 71.9 cm³/mol. The summed E-state index contributed by atoms with van der Waals surface area (Å²) in [5, 5.41) is 3.29. The molecule has 5 N–H and O–H groups in total. The van der Waals surface area contributed by atoms with E-state index in [1.807, 2.05) is 12.1 Å². The molecular weight excluding hydrogens is 282 g/mol. The molecule has 1 aromatic rings. The van der Waals surface area contributed by atoms with E-state index in [9.17, 15) is 4.79 Å². The first kappa shape index (κ1) is 12.4. The van der Waals surface area contributed by atoms with Crippen LogP contribution in [0.25, 0.3) is 0 Å². The fraction of sp³-hybridized carbons (Fsp3) is 0.417. The summed E-state index contributed by atoms with van der Waals surface area (Å²) < 4.78 is 0.703. The van der Waals surface area contributed by atoms with Crippen LogP contribution in [0.15, 0.2) is 22.7 Å². The summed E-state index contributed by atoms with van der Waals surface area (Å²) in [6, 6.07) is 5.40. The Morgan fingerprint density at radius 1 is 1.47 bits per heavy atom. The number of anilines is 1. The number of nitrogens with one attached hydrogen (secondary N) is 1. The molecule has 0 radical (unpaired) electrons. The van der Waals surface area contributed by atoms with E-state index in [1.165, 1.54) is 6.42 Å². The van der Waals surface area contributed by atoms with Crippen molar-refractivity contribution in [2.75, 3.05) is 11.9 Å². The molecule has 1 amide bonds. The molecule has 92 valence electrons. The molecule has 0 heterocycles. The maximum atomic E-state index is 11.1. The van der Waals surface area contributed by atoms with Gasteiger partial charge in [-0.05, 0) is 53.4 Å². The van der Waals surface area contributed by atoms with Crippen molar-refractivity contribution in [2.24, 2.45) is 11.5 Å². The standard InChI is InChI=1S/C12H16BrN3O/c13-10-6-8(2-3-9(10)11(14)17)16-7-12(15)4-1-5-12/h2-3,6,16H,1,4-5,7,15H2,(H2,14,17). The van der Waals surface area contributed by atoms with Gasteiger partial charge in [0.15, 0.2) is 0 Å². The van der Waals surface area contributed by atoms with Gasteiger partial charge in [0.05, 0.1) is 5.56 Å². The van der Waals surface area contributed by atoms with Crippen LogP contribution >= 0.6 is 15.9 Å². The Balaban J connectivity index is 2.02. The molecule has 0 spiro atoms. The van der Waals surface area contributed by atoms with Gasteiger partial charge in [-0.1, -0.05) is 0 Å². The Morgan fingerprint density at radius 3 is 2.65 bits per heavy atom. The highest BCUT2D eigenvalue weighted by atomic mass is 79.9. The maximum absolute atomic E-state index is 11.1. The second-order valence-corrected chi connectivity index (χ2v) is 5.48. The third kappa shape index (κ3) is 2.79. The minimum atomic E-state index is -0.433. The largest absolute Gasteiger partial charge is 0.383 e. The normalized spacial score (nSPS) is 17.3. The number of hydrogen-bond donors (Lipinski definition) is 3. The first-order valence-electron chi connectivity index (χ1n) is 5.62. The van der Waals surface area contributed by atoms with E-state index in [0.29, 0.717) is 10.0 Å². The van der Waals surface area contributed by atoms with Gasteiger partial charge in [0, 0.05) is 22.2 Å². The predicted octanol–water partition coefficient (Wildman–Crippen LogP) is 1.84. The monoisotopic (exact) mass is 297 g/mol.